The maximum atomic E-state index is 12.7. The number of benzene rings is 1. The summed E-state index contributed by atoms with van der Waals surface area (Å²) in [7, 11) is 1.33. The van der Waals surface area contributed by atoms with Gasteiger partial charge in [-0.05, 0) is 30.2 Å². The van der Waals surface area contributed by atoms with Gasteiger partial charge < -0.3 is 4.74 Å². The van der Waals surface area contributed by atoms with Gasteiger partial charge in [0.05, 0.1) is 22.6 Å². The quantitative estimate of drug-likeness (QED) is 0.653. The molecule has 6 nitrogen and oxygen atoms in total. The van der Waals surface area contributed by atoms with Gasteiger partial charge >= 0.3 is 5.97 Å². The van der Waals surface area contributed by atoms with Crippen LogP contribution in [-0.2, 0) is 16.0 Å². The molecular weight excluding hydrogens is 358 g/mol. The lowest BCUT2D eigenvalue weighted by atomic mass is 10.0. The Bertz CT molecular complexity index is 872. The molecule has 0 radical (unpaired) electrons. The van der Waals surface area contributed by atoms with E-state index in [1.807, 2.05) is 6.92 Å². The number of nitrogens with one attached hydrogen (secondary N) is 1. The zero-order valence-corrected chi connectivity index (χ0v) is 15.2. The molecule has 1 saturated heterocycles. The van der Waals surface area contributed by atoms with Crippen LogP contribution in [0.25, 0.3) is 6.08 Å². The van der Waals surface area contributed by atoms with Gasteiger partial charge in [0, 0.05) is 0 Å². The topological polar surface area (TPSA) is 93.0 Å². The maximum Gasteiger partial charge on any atom is 0.337 e. The number of esters is 1. The third-order valence-electron chi connectivity index (χ3n) is 3.65. The fourth-order valence-corrected chi connectivity index (χ4v) is 4.28. The van der Waals surface area contributed by atoms with Gasteiger partial charge in [-0.2, -0.15) is 0 Å². The van der Waals surface area contributed by atoms with Crippen LogP contribution in [0.1, 0.15) is 38.8 Å². The van der Waals surface area contributed by atoms with Crippen molar-refractivity contribution in [2.24, 2.45) is 0 Å². The lowest BCUT2D eigenvalue weighted by Crippen LogP contribution is -2.11. The van der Waals surface area contributed by atoms with E-state index in [4.69, 9.17) is 5.41 Å². The molecule has 0 aliphatic carbocycles. The first-order valence-electron chi connectivity index (χ1n) is 7.56. The van der Waals surface area contributed by atoms with Crippen molar-refractivity contribution >= 4 is 46.0 Å². The maximum absolute atomic E-state index is 12.7. The predicted molar refractivity (Wildman–Crippen MR) is 98.1 cm³/mol. The number of aromatic nitrogens is 2. The van der Waals surface area contributed by atoms with Crippen LogP contribution in [0.4, 0.5) is 0 Å². The monoisotopic (exact) mass is 373 g/mol. The first-order chi connectivity index (χ1) is 12.0. The number of allylic oxidation sites excluding steroid dienone is 1. The highest BCUT2D eigenvalue weighted by Gasteiger charge is 2.39. The Kier molecular flexibility index (Phi) is 5.10. The van der Waals surface area contributed by atoms with E-state index >= 15 is 0 Å². The molecule has 8 heteroatoms. The summed E-state index contributed by atoms with van der Waals surface area (Å²) < 4.78 is 4.66. The molecule has 25 heavy (non-hydrogen) atoms. The lowest BCUT2D eigenvalue weighted by Gasteiger charge is -2.01. The summed E-state index contributed by atoms with van der Waals surface area (Å²) >= 11 is 2.52. The molecule has 1 aliphatic rings. The average molecular weight is 373 g/mol. The van der Waals surface area contributed by atoms with Crippen LogP contribution in [0.15, 0.2) is 29.2 Å². The number of methoxy groups -OCH3 is 1. The molecule has 3 rings (SSSR count). The second kappa shape index (κ2) is 7.28. The number of ketones is 1. The highest BCUT2D eigenvalue weighted by atomic mass is 32.2. The van der Waals surface area contributed by atoms with E-state index in [9.17, 15) is 9.59 Å². The number of ether oxygens (including phenoxy) is 1. The Hall–Kier alpha value is -2.32. The highest BCUT2D eigenvalue weighted by Crippen LogP contribution is 2.41. The normalized spacial score (nSPS) is 18.8. The first-order valence-corrected chi connectivity index (χ1v) is 9.19. The molecule has 0 saturated carbocycles. The molecule has 1 N–H and O–H groups in total. The van der Waals surface area contributed by atoms with Crippen LogP contribution in [0, 0.1) is 5.41 Å². The van der Waals surface area contributed by atoms with Crippen molar-refractivity contribution in [1.29, 1.82) is 5.41 Å². The van der Waals surface area contributed by atoms with E-state index in [2.05, 4.69) is 14.9 Å². The molecule has 1 atom stereocenters. The van der Waals surface area contributed by atoms with Crippen molar-refractivity contribution in [3.05, 3.63) is 50.3 Å². The number of thioether (sulfide) groups is 1. The number of rotatable bonds is 4. The number of hydrogen-bond donors (Lipinski definition) is 1. The van der Waals surface area contributed by atoms with Crippen molar-refractivity contribution < 1.29 is 14.3 Å². The van der Waals surface area contributed by atoms with E-state index < -0.39 is 11.9 Å². The third-order valence-corrected chi connectivity index (χ3v) is 5.78. The lowest BCUT2D eigenvalue weighted by molar-refractivity contribution is -0.114. The Balaban J connectivity index is 1.83. The van der Waals surface area contributed by atoms with Gasteiger partial charge in [-0.15, -0.1) is 21.5 Å². The fraction of sp³-hybridized carbons (Fsp3) is 0.235. The zero-order chi connectivity index (χ0) is 18.0. The van der Waals surface area contributed by atoms with Gasteiger partial charge in [-0.25, -0.2) is 4.79 Å². The fourth-order valence-electron chi connectivity index (χ4n) is 2.32. The minimum atomic E-state index is -0.650. The van der Waals surface area contributed by atoms with E-state index in [0.29, 0.717) is 15.5 Å². The molecule has 0 bridgehead atoms. The summed E-state index contributed by atoms with van der Waals surface area (Å²) in [5, 5.41) is 17.9. The van der Waals surface area contributed by atoms with Crippen molar-refractivity contribution in [3.8, 4) is 0 Å². The van der Waals surface area contributed by atoms with Crippen LogP contribution in [0.3, 0.4) is 0 Å². The number of aryl methyl sites for hydroxylation is 1. The van der Waals surface area contributed by atoms with Crippen molar-refractivity contribution in [3.63, 3.8) is 0 Å². The van der Waals surface area contributed by atoms with Gasteiger partial charge in [-0.1, -0.05) is 30.8 Å². The first kappa shape index (κ1) is 17.5. The molecular formula is C17H15N3O3S2. The number of carbonyl (C=O) groups excluding carboxylic acids is 2. The number of carbonyl (C=O) groups is 2. The molecule has 0 spiro atoms. The van der Waals surface area contributed by atoms with Gasteiger partial charge in [-0.3, -0.25) is 10.2 Å². The second-order valence-electron chi connectivity index (χ2n) is 5.27. The average Bonchev–Trinajstić information content (AvgIpc) is 3.19. The van der Waals surface area contributed by atoms with Gasteiger partial charge in [0.2, 0.25) is 0 Å². The summed E-state index contributed by atoms with van der Waals surface area (Å²) in [6, 6.07) is 6.77. The van der Waals surface area contributed by atoms with Crippen LogP contribution >= 0.6 is 23.1 Å². The van der Waals surface area contributed by atoms with Crippen LogP contribution in [-0.4, -0.2) is 34.1 Å². The molecule has 1 aliphatic heterocycles. The van der Waals surface area contributed by atoms with Crippen molar-refractivity contribution in [2.75, 3.05) is 7.11 Å². The largest absolute Gasteiger partial charge is 0.465 e. The van der Waals surface area contributed by atoms with Crippen LogP contribution in [0.5, 0.6) is 0 Å². The number of hydrogen-bond acceptors (Lipinski definition) is 8. The summed E-state index contributed by atoms with van der Waals surface area (Å²) in [4.78, 5) is 24.6. The third kappa shape index (κ3) is 3.54. The van der Waals surface area contributed by atoms with Crippen molar-refractivity contribution in [2.45, 2.75) is 19.3 Å². The predicted octanol–water partition coefficient (Wildman–Crippen LogP) is 3.30. The standard InChI is InChI=1S/C17H15N3O3S2/c1-3-12-19-20-16(25-12)13-14(21)11(24-15(13)18)8-9-4-6-10(7-5-9)17(22)23-2/h4-8,13,18H,3H2,1-2H3. The van der Waals surface area contributed by atoms with Crippen LogP contribution in [0.2, 0.25) is 0 Å². The zero-order valence-electron chi connectivity index (χ0n) is 13.6. The van der Waals surface area contributed by atoms with E-state index in [0.717, 1.165) is 28.8 Å². The highest BCUT2D eigenvalue weighted by molar-refractivity contribution is 8.19. The molecule has 1 fully saturated rings. The Labute approximate surface area is 152 Å². The molecule has 2 aromatic rings. The number of Topliss-reactive ketones (excluding diaryl/α,β-unsaturated/α-hetero) is 1. The van der Waals surface area contributed by atoms with Crippen LogP contribution < -0.4 is 0 Å². The second-order valence-corrected chi connectivity index (χ2v) is 7.45. The SMILES string of the molecule is CCc1nnc(C2C(=N)SC(=Cc3ccc(C(=O)OC)cc3)C2=O)s1. The molecule has 0 amide bonds. The summed E-state index contributed by atoms with van der Waals surface area (Å²) in [5.41, 5.74) is 1.23. The van der Waals surface area contributed by atoms with Gasteiger partial charge in [0.15, 0.2) is 5.78 Å². The van der Waals surface area contributed by atoms with E-state index in [1.54, 1.807) is 30.3 Å². The van der Waals surface area contributed by atoms with E-state index in [-0.39, 0.29) is 10.8 Å². The molecule has 1 aromatic carbocycles. The Morgan fingerprint density at radius 2 is 2.04 bits per heavy atom. The summed E-state index contributed by atoms with van der Waals surface area (Å²) in [6.45, 7) is 1.98. The van der Waals surface area contributed by atoms with Crippen molar-refractivity contribution in [1.82, 2.24) is 10.2 Å². The molecule has 1 unspecified atom stereocenters. The van der Waals surface area contributed by atoms with Gasteiger partial charge in [0.1, 0.15) is 15.9 Å². The minimum absolute atomic E-state index is 0.133. The summed E-state index contributed by atoms with van der Waals surface area (Å²) in [6.07, 6.45) is 2.48. The smallest absolute Gasteiger partial charge is 0.337 e. The summed E-state index contributed by atoms with van der Waals surface area (Å²) in [5.74, 6) is -1.19. The minimum Gasteiger partial charge on any atom is -0.465 e. The number of nitrogens with zero attached hydrogens (tertiary/aromatic N) is 2. The molecule has 128 valence electrons. The Morgan fingerprint density at radius 3 is 2.64 bits per heavy atom. The molecule has 1 aromatic heterocycles. The van der Waals surface area contributed by atoms with E-state index in [1.165, 1.54) is 18.4 Å². The van der Waals surface area contributed by atoms with Gasteiger partial charge in [0.25, 0.3) is 0 Å². The Morgan fingerprint density at radius 1 is 1.32 bits per heavy atom. The molecule has 2 heterocycles.